The van der Waals surface area contributed by atoms with E-state index in [0.717, 1.165) is 23.2 Å². The molecule has 3 N–H and O–H groups in total. The molecule has 0 atom stereocenters. The van der Waals surface area contributed by atoms with Gasteiger partial charge in [-0.25, -0.2) is 0 Å². The van der Waals surface area contributed by atoms with Crippen LogP contribution < -0.4 is 15.8 Å². The number of ether oxygens (including phenoxy) is 1. The molecule has 2 rings (SSSR count). The van der Waals surface area contributed by atoms with E-state index >= 15 is 0 Å². The van der Waals surface area contributed by atoms with Crippen LogP contribution >= 0.6 is 11.3 Å². The average Bonchev–Trinajstić information content (AvgIpc) is 2.84. The molecule has 0 spiro atoms. The molecule has 2 aromatic rings. The molecule has 0 saturated carbocycles. The van der Waals surface area contributed by atoms with Gasteiger partial charge in [0.05, 0.1) is 18.2 Å². The van der Waals surface area contributed by atoms with Gasteiger partial charge < -0.3 is 20.7 Å². The summed E-state index contributed by atoms with van der Waals surface area (Å²) in [4.78, 5) is 15.0. The Kier molecular flexibility index (Phi) is 5.03. The maximum atomic E-state index is 12.3. The number of nitrogens with two attached hydrogens (primary N) is 1. The molecule has 6 heteroatoms. The third-order valence-electron chi connectivity index (χ3n) is 3.46. The Morgan fingerprint density at radius 2 is 2.24 bits per heavy atom. The first-order chi connectivity index (χ1) is 10.1. The van der Waals surface area contributed by atoms with Crippen LogP contribution in [-0.2, 0) is 0 Å². The minimum atomic E-state index is -0.125. The predicted molar refractivity (Wildman–Crippen MR) is 88.3 cm³/mol. The standard InChI is InChI=1S/C15H21N3O2S/c1-4-18(2)9-8-17-15(19)14-13(16)12-10(20-3)6-5-7-11(12)21-14/h5-7H,4,8-9,16H2,1-3H3,(H,17,19). The van der Waals surface area contributed by atoms with Crippen LogP contribution in [0, 0.1) is 0 Å². The summed E-state index contributed by atoms with van der Waals surface area (Å²) < 4.78 is 6.28. The Balaban J connectivity index is 2.18. The number of nitrogen functional groups attached to an aromatic ring is 1. The molecule has 1 amide bonds. The van der Waals surface area contributed by atoms with E-state index in [1.165, 1.54) is 11.3 Å². The molecule has 0 fully saturated rings. The van der Waals surface area contributed by atoms with Crippen molar-refractivity contribution in [3.05, 3.63) is 23.1 Å². The number of nitrogens with one attached hydrogen (secondary N) is 1. The Morgan fingerprint density at radius 3 is 2.90 bits per heavy atom. The van der Waals surface area contributed by atoms with E-state index in [9.17, 15) is 4.79 Å². The number of carbonyl (C=O) groups excluding carboxylic acids is 1. The summed E-state index contributed by atoms with van der Waals surface area (Å²) in [5.41, 5.74) is 6.63. The largest absolute Gasteiger partial charge is 0.496 e. The van der Waals surface area contributed by atoms with Gasteiger partial charge in [-0.3, -0.25) is 4.79 Å². The predicted octanol–water partition coefficient (Wildman–Crippen LogP) is 2.17. The minimum Gasteiger partial charge on any atom is -0.496 e. The van der Waals surface area contributed by atoms with Gasteiger partial charge in [-0.05, 0) is 25.7 Å². The van der Waals surface area contributed by atoms with Crippen LogP contribution in [0.25, 0.3) is 10.1 Å². The van der Waals surface area contributed by atoms with E-state index in [1.807, 2.05) is 25.2 Å². The fraction of sp³-hybridized carbons (Fsp3) is 0.400. The smallest absolute Gasteiger partial charge is 0.263 e. The number of thiophene rings is 1. The van der Waals surface area contributed by atoms with Crippen LogP contribution in [0.3, 0.4) is 0 Å². The number of nitrogens with zero attached hydrogens (tertiary/aromatic N) is 1. The Bertz CT molecular complexity index is 639. The lowest BCUT2D eigenvalue weighted by Gasteiger charge is -2.13. The number of carbonyl (C=O) groups is 1. The zero-order chi connectivity index (χ0) is 15.4. The number of fused-ring (bicyclic) bond motifs is 1. The quantitative estimate of drug-likeness (QED) is 0.858. The van der Waals surface area contributed by atoms with E-state index in [4.69, 9.17) is 10.5 Å². The molecule has 0 radical (unpaired) electrons. The second-order valence-corrected chi connectivity index (χ2v) is 5.88. The lowest BCUT2D eigenvalue weighted by molar-refractivity contribution is 0.0955. The van der Waals surface area contributed by atoms with Gasteiger partial charge in [0.2, 0.25) is 0 Å². The van der Waals surface area contributed by atoms with Crippen molar-refractivity contribution in [3.8, 4) is 5.75 Å². The van der Waals surface area contributed by atoms with Crippen molar-refractivity contribution in [3.63, 3.8) is 0 Å². The second-order valence-electron chi connectivity index (χ2n) is 4.83. The van der Waals surface area contributed by atoms with E-state index in [-0.39, 0.29) is 5.91 Å². The zero-order valence-electron chi connectivity index (χ0n) is 12.6. The maximum absolute atomic E-state index is 12.3. The molecule has 1 heterocycles. The second kappa shape index (κ2) is 6.78. The van der Waals surface area contributed by atoms with Crippen LogP contribution in [0.2, 0.25) is 0 Å². The summed E-state index contributed by atoms with van der Waals surface area (Å²) in [7, 11) is 3.62. The normalized spacial score (nSPS) is 11.0. The highest BCUT2D eigenvalue weighted by atomic mass is 32.1. The van der Waals surface area contributed by atoms with Gasteiger partial charge in [0.25, 0.3) is 5.91 Å². The van der Waals surface area contributed by atoms with Crippen molar-refractivity contribution >= 4 is 33.0 Å². The molecule has 21 heavy (non-hydrogen) atoms. The molecule has 114 valence electrons. The van der Waals surface area contributed by atoms with Crippen LogP contribution in [-0.4, -0.2) is 44.6 Å². The lowest BCUT2D eigenvalue weighted by Crippen LogP contribution is -2.32. The molecule has 0 unspecified atom stereocenters. The monoisotopic (exact) mass is 307 g/mol. The molecular weight excluding hydrogens is 286 g/mol. The fourth-order valence-electron chi connectivity index (χ4n) is 2.08. The Hall–Kier alpha value is -1.79. The van der Waals surface area contributed by atoms with Crippen LogP contribution in [0.4, 0.5) is 5.69 Å². The highest BCUT2D eigenvalue weighted by Gasteiger charge is 2.18. The summed E-state index contributed by atoms with van der Waals surface area (Å²) in [5, 5.41) is 3.73. The summed E-state index contributed by atoms with van der Waals surface area (Å²) >= 11 is 1.40. The number of hydrogen-bond acceptors (Lipinski definition) is 5. The van der Waals surface area contributed by atoms with Gasteiger partial charge in [-0.1, -0.05) is 13.0 Å². The molecule has 0 aliphatic heterocycles. The van der Waals surface area contributed by atoms with Crippen molar-refractivity contribution in [2.45, 2.75) is 6.92 Å². The zero-order valence-corrected chi connectivity index (χ0v) is 13.4. The van der Waals surface area contributed by atoms with Gasteiger partial charge in [-0.2, -0.15) is 0 Å². The molecule has 1 aromatic carbocycles. The van der Waals surface area contributed by atoms with Gasteiger partial charge in [0.1, 0.15) is 10.6 Å². The number of likely N-dealkylation sites (N-methyl/N-ethyl adjacent to an activating group) is 1. The first kappa shape index (κ1) is 15.6. The number of hydrogen-bond donors (Lipinski definition) is 2. The number of methoxy groups -OCH3 is 1. The molecule has 1 aromatic heterocycles. The average molecular weight is 307 g/mol. The highest BCUT2D eigenvalue weighted by molar-refractivity contribution is 7.21. The summed E-state index contributed by atoms with van der Waals surface area (Å²) in [6, 6.07) is 5.69. The third-order valence-corrected chi connectivity index (χ3v) is 4.63. The fourth-order valence-corrected chi connectivity index (χ4v) is 3.13. The number of rotatable bonds is 6. The van der Waals surface area contributed by atoms with Crippen LogP contribution in [0.1, 0.15) is 16.6 Å². The van der Waals surface area contributed by atoms with Gasteiger partial charge in [-0.15, -0.1) is 11.3 Å². The first-order valence-corrected chi connectivity index (χ1v) is 7.71. The van der Waals surface area contributed by atoms with Crippen molar-refractivity contribution in [2.24, 2.45) is 0 Å². The third kappa shape index (κ3) is 3.28. The lowest BCUT2D eigenvalue weighted by atomic mass is 10.2. The maximum Gasteiger partial charge on any atom is 0.263 e. The SMILES string of the molecule is CCN(C)CCNC(=O)c1sc2cccc(OC)c2c1N. The highest BCUT2D eigenvalue weighted by Crippen LogP contribution is 2.39. The van der Waals surface area contributed by atoms with Crippen molar-refractivity contribution < 1.29 is 9.53 Å². The van der Waals surface area contributed by atoms with Crippen LogP contribution in [0.5, 0.6) is 5.75 Å². The number of amides is 1. The van der Waals surface area contributed by atoms with E-state index < -0.39 is 0 Å². The van der Waals surface area contributed by atoms with Gasteiger partial charge in [0.15, 0.2) is 0 Å². The van der Waals surface area contributed by atoms with Crippen molar-refractivity contribution in [1.29, 1.82) is 0 Å². The number of anilines is 1. The van der Waals surface area contributed by atoms with Gasteiger partial charge in [0, 0.05) is 17.8 Å². The first-order valence-electron chi connectivity index (χ1n) is 6.90. The molecule has 0 bridgehead atoms. The van der Waals surface area contributed by atoms with Crippen LogP contribution in [0.15, 0.2) is 18.2 Å². The number of benzene rings is 1. The van der Waals surface area contributed by atoms with E-state index in [2.05, 4.69) is 17.1 Å². The Morgan fingerprint density at radius 1 is 1.48 bits per heavy atom. The minimum absolute atomic E-state index is 0.125. The molecule has 5 nitrogen and oxygen atoms in total. The summed E-state index contributed by atoms with van der Waals surface area (Å²) in [6.45, 7) is 4.46. The van der Waals surface area contributed by atoms with Crippen molar-refractivity contribution in [1.82, 2.24) is 10.2 Å². The molecule has 0 aliphatic carbocycles. The molecular formula is C15H21N3O2S. The topological polar surface area (TPSA) is 67.6 Å². The van der Waals surface area contributed by atoms with E-state index in [1.54, 1.807) is 7.11 Å². The van der Waals surface area contributed by atoms with Crippen molar-refractivity contribution in [2.75, 3.05) is 39.5 Å². The molecule has 0 saturated heterocycles. The summed E-state index contributed by atoms with van der Waals surface area (Å²) in [5.74, 6) is 0.575. The summed E-state index contributed by atoms with van der Waals surface area (Å²) in [6.07, 6.45) is 0. The van der Waals surface area contributed by atoms with Gasteiger partial charge >= 0.3 is 0 Å². The van der Waals surface area contributed by atoms with E-state index in [0.29, 0.717) is 22.9 Å². The molecule has 0 aliphatic rings. The Labute approximate surface area is 128 Å².